The number of rotatable bonds is 8. The van der Waals surface area contributed by atoms with E-state index in [4.69, 9.17) is 33.0 Å². The molecule has 3 aliphatic carbocycles. The number of ether oxygens (including phenoxy) is 1. The number of nitrogens with one attached hydrogen (secondary N) is 3. The third-order valence-corrected chi connectivity index (χ3v) is 7.19. The maximum atomic E-state index is 12.7. The van der Waals surface area contributed by atoms with E-state index in [1.807, 2.05) is 0 Å². The van der Waals surface area contributed by atoms with E-state index < -0.39 is 0 Å². The summed E-state index contributed by atoms with van der Waals surface area (Å²) in [5, 5.41) is 19.4. The van der Waals surface area contributed by atoms with Gasteiger partial charge in [-0.3, -0.25) is 9.59 Å². The summed E-state index contributed by atoms with van der Waals surface area (Å²) in [4.78, 5) is 24.9. The first-order valence-corrected chi connectivity index (χ1v) is 11.1. The van der Waals surface area contributed by atoms with Gasteiger partial charge < -0.3 is 25.8 Å². The Morgan fingerprint density at radius 1 is 1.17 bits per heavy atom. The Morgan fingerprint density at radius 2 is 1.90 bits per heavy atom. The summed E-state index contributed by atoms with van der Waals surface area (Å²) in [6.07, 6.45) is 4.74. The molecule has 0 radical (unpaired) electrons. The molecule has 2 amide bonds. The third kappa shape index (κ3) is 4.54. The molecule has 4 N–H and O–H groups in total. The van der Waals surface area contributed by atoms with Crippen LogP contribution in [0.25, 0.3) is 0 Å². The second kappa shape index (κ2) is 8.54. The molecule has 1 saturated heterocycles. The minimum atomic E-state index is -0.231. The average molecular weight is 456 g/mol. The van der Waals surface area contributed by atoms with Gasteiger partial charge in [0.15, 0.2) is 6.61 Å². The Bertz CT molecular complexity index is 813. The van der Waals surface area contributed by atoms with E-state index in [9.17, 15) is 9.59 Å². The number of aliphatic hydroxyl groups excluding tert-OH is 1. The first-order chi connectivity index (χ1) is 14.3. The van der Waals surface area contributed by atoms with Gasteiger partial charge in [-0.15, -0.1) is 0 Å². The van der Waals surface area contributed by atoms with Gasteiger partial charge in [-0.25, -0.2) is 0 Å². The summed E-state index contributed by atoms with van der Waals surface area (Å²) in [6, 6.07) is 4.66. The highest BCUT2D eigenvalue weighted by molar-refractivity contribution is 6.42. The summed E-state index contributed by atoms with van der Waals surface area (Å²) >= 11 is 11.8. The van der Waals surface area contributed by atoms with Crippen LogP contribution in [0.15, 0.2) is 18.2 Å². The number of hydrogen-bond donors (Lipinski definition) is 4. The molecular weight excluding hydrogens is 429 g/mol. The minimum absolute atomic E-state index is 0.0280. The van der Waals surface area contributed by atoms with Gasteiger partial charge in [0, 0.05) is 23.8 Å². The number of benzene rings is 1. The zero-order chi connectivity index (χ0) is 21.4. The molecule has 2 bridgehead atoms. The Labute approximate surface area is 185 Å². The lowest BCUT2D eigenvalue weighted by atomic mass is 9.44. The quantitative estimate of drug-likeness (QED) is 0.480. The van der Waals surface area contributed by atoms with Crippen LogP contribution >= 0.6 is 23.2 Å². The molecule has 4 fully saturated rings. The van der Waals surface area contributed by atoms with E-state index >= 15 is 0 Å². The van der Waals surface area contributed by atoms with Crippen molar-refractivity contribution < 1.29 is 19.4 Å². The molecule has 7 nitrogen and oxygen atoms in total. The number of piperidine rings is 1. The summed E-state index contributed by atoms with van der Waals surface area (Å²) in [7, 11) is 0. The molecule has 164 valence electrons. The van der Waals surface area contributed by atoms with Crippen molar-refractivity contribution in [1.29, 1.82) is 0 Å². The van der Waals surface area contributed by atoms with Gasteiger partial charge >= 0.3 is 0 Å². The standard InChI is InChI=1S/C21H27Cl2N3O4/c22-15-2-1-14(8-16(15)23)30-9-18(28)25-20-10-21(11-20,12-20)26-19(29)17-7-13(4-6-27)3-5-24-17/h1-2,8,13,17,24,27H,3-7,9-12H2,(H,25,28)(H,26,29). The van der Waals surface area contributed by atoms with Crippen molar-refractivity contribution in [2.24, 2.45) is 5.92 Å². The highest BCUT2D eigenvalue weighted by Crippen LogP contribution is 2.60. The number of aliphatic hydroxyl groups is 1. The molecule has 4 aliphatic rings. The molecule has 2 atom stereocenters. The van der Waals surface area contributed by atoms with Gasteiger partial charge in [-0.05, 0) is 63.1 Å². The first kappa shape index (κ1) is 21.7. The van der Waals surface area contributed by atoms with E-state index in [2.05, 4.69) is 16.0 Å². The topological polar surface area (TPSA) is 99.7 Å². The van der Waals surface area contributed by atoms with Gasteiger partial charge in [0.2, 0.25) is 5.91 Å². The molecular formula is C21H27Cl2N3O4. The molecule has 5 rings (SSSR count). The van der Waals surface area contributed by atoms with Gasteiger partial charge in [0.1, 0.15) is 5.75 Å². The number of hydrogen-bond acceptors (Lipinski definition) is 5. The molecule has 1 aliphatic heterocycles. The number of halogens is 2. The van der Waals surface area contributed by atoms with Crippen molar-refractivity contribution in [1.82, 2.24) is 16.0 Å². The average Bonchev–Trinajstić information content (AvgIpc) is 2.66. The zero-order valence-corrected chi connectivity index (χ0v) is 18.2. The fourth-order valence-corrected chi connectivity index (χ4v) is 5.38. The van der Waals surface area contributed by atoms with Crippen molar-refractivity contribution in [3.05, 3.63) is 28.2 Å². The number of carbonyl (C=O) groups is 2. The highest BCUT2D eigenvalue weighted by atomic mass is 35.5. The molecule has 1 heterocycles. The predicted octanol–water partition coefficient (Wildman–Crippen LogP) is 2.03. The maximum absolute atomic E-state index is 12.7. The summed E-state index contributed by atoms with van der Waals surface area (Å²) in [5.41, 5.74) is -0.425. The molecule has 0 aromatic heterocycles. The van der Waals surface area contributed by atoms with Crippen molar-refractivity contribution in [2.75, 3.05) is 19.8 Å². The predicted molar refractivity (Wildman–Crippen MR) is 114 cm³/mol. The largest absolute Gasteiger partial charge is 0.484 e. The van der Waals surface area contributed by atoms with Crippen molar-refractivity contribution in [3.63, 3.8) is 0 Å². The summed E-state index contributed by atoms with van der Waals surface area (Å²) < 4.78 is 5.48. The lowest BCUT2D eigenvalue weighted by Crippen LogP contribution is -2.84. The number of amides is 2. The minimum Gasteiger partial charge on any atom is -0.484 e. The van der Waals surface area contributed by atoms with E-state index in [0.717, 1.165) is 45.1 Å². The van der Waals surface area contributed by atoms with Crippen LogP contribution in [0.3, 0.4) is 0 Å². The van der Waals surface area contributed by atoms with Gasteiger partial charge in [0.05, 0.1) is 16.1 Å². The smallest absolute Gasteiger partial charge is 0.258 e. The fraction of sp³-hybridized carbons (Fsp3) is 0.619. The molecule has 2 unspecified atom stereocenters. The van der Waals surface area contributed by atoms with E-state index in [0.29, 0.717) is 21.7 Å². The van der Waals surface area contributed by atoms with Crippen molar-refractivity contribution >= 4 is 35.0 Å². The van der Waals surface area contributed by atoms with Crippen LogP contribution in [0.4, 0.5) is 0 Å². The zero-order valence-electron chi connectivity index (χ0n) is 16.7. The second-order valence-electron chi connectivity index (χ2n) is 8.90. The van der Waals surface area contributed by atoms with Crippen molar-refractivity contribution in [2.45, 2.75) is 55.6 Å². The molecule has 1 aromatic carbocycles. The molecule has 1 aromatic rings. The lowest BCUT2D eigenvalue weighted by molar-refractivity contribution is -0.151. The SMILES string of the molecule is O=C(COc1ccc(Cl)c(Cl)c1)NC12CC(NC(=O)C3CC(CCO)CCN3)(C1)C2. The van der Waals surface area contributed by atoms with E-state index in [-0.39, 0.29) is 42.1 Å². The van der Waals surface area contributed by atoms with Crippen LogP contribution in [0.2, 0.25) is 10.0 Å². The molecule has 0 spiro atoms. The second-order valence-corrected chi connectivity index (χ2v) is 9.72. The van der Waals surface area contributed by atoms with E-state index in [1.165, 1.54) is 0 Å². The first-order valence-electron chi connectivity index (χ1n) is 10.4. The maximum Gasteiger partial charge on any atom is 0.258 e. The Hall–Kier alpha value is -1.54. The van der Waals surface area contributed by atoms with Crippen LogP contribution in [0.5, 0.6) is 5.75 Å². The Kier molecular flexibility index (Phi) is 6.17. The van der Waals surface area contributed by atoms with Gasteiger partial charge in [0.25, 0.3) is 5.91 Å². The van der Waals surface area contributed by atoms with Crippen LogP contribution in [0, 0.1) is 5.92 Å². The van der Waals surface area contributed by atoms with Crippen LogP contribution in [-0.4, -0.2) is 53.8 Å². The van der Waals surface area contributed by atoms with Gasteiger partial charge in [-0.1, -0.05) is 23.2 Å². The summed E-state index contributed by atoms with van der Waals surface area (Å²) in [5.74, 6) is 0.711. The van der Waals surface area contributed by atoms with Crippen molar-refractivity contribution in [3.8, 4) is 5.75 Å². The monoisotopic (exact) mass is 455 g/mol. The fourth-order valence-electron chi connectivity index (χ4n) is 5.09. The Morgan fingerprint density at radius 3 is 2.60 bits per heavy atom. The molecule has 3 saturated carbocycles. The van der Waals surface area contributed by atoms with E-state index in [1.54, 1.807) is 18.2 Å². The highest BCUT2D eigenvalue weighted by Gasteiger charge is 2.69. The van der Waals surface area contributed by atoms with Crippen LogP contribution in [-0.2, 0) is 9.59 Å². The lowest BCUT2D eigenvalue weighted by Gasteiger charge is -2.70. The molecule has 30 heavy (non-hydrogen) atoms. The van der Waals surface area contributed by atoms with Crippen LogP contribution < -0.4 is 20.7 Å². The summed E-state index contributed by atoms with van der Waals surface area (Å²) in [6.45, 7) is 0.867. The molecule has 9 heteroatoms. The third-order valence-electron chi connectivity index (χ3n) is 6.45. The number of carbonyl (C=O) groups excluding carboxylic acids is 2. The Balaban J connectivity index is 1.19. The van der Waals surface area contributed by atoms with Gasteiger partial charge in [-0.2, -0.15) is 0 Å². The van der Waals surface area contributed by atoms with Crippen LogP contribution in [0.1, 0.15) is 38.5 Å². The normalized spacial score (nSPS) is 31.8.